The molecule has 1 aliphatic heterocycles. The maximum absolute atomic E-state index is 13.3. The summed E-state index contributed by atoms with van der Waals surface area (Å²) in [7, 11) is 0. The summed E-state index contributed by atoms with van der Waals surface area (Å²) in [6, 6.07) is 23.8. The van der Waals surface area contributed by atoms with Crippen LogP contribution in [0.3, 0.4) is 0 Å². The SMILES string of the molecule is O=C(C#Cc1cc(F)cc(F)c1)N1CCN(C(c2ccccc2)c2ccccc2)CC1. The van der Waals surface area contributed by atoms with Gasteiger partial charge in [0.1, 0.15) is 11.6 Å². The molecule has 0 spiro atoms. The van der Waals surface area contributed by atoms with Crippen LogP contribution in [-0.4, -0.2) is 41.9 Å². The number of benzene rings is 3. The number of hydrogen-bond donors (Lipinski definition) is 0. The number of rotatable bonds is 3. The zero-order chi connectivity index (χ0) is 21.6. The lowest BCUT2D eigenvalue weighted by molar-refractivity contribution is -0.127. The molecule has 0 aliphatic carbocycles. The molecule has 1 heterocycles. The number of carbonyl (C=O) groups excluding carboxylic acids is 1. The molecule has 1 saturated heterocycles. The molecule has 0 N–H and O–H groups in total. The summed E-state index contributed by atoms with van der Waals surface area (Å²) in [6.45, 7) is 2.50. The average Bonchev–Trinajstić information content (AvgIpc) is 2.79. The highest BCUT2D eigenvalue weighted by molar-refractivity contribution is 5.94. The van der Waals surface area contributed by atoms with Gasteiger partial charge in [0.25, 0.3) is 5.91 Å². The highest BCUT2D eigenvalue weighted by atomic mass is 19.1. The molecule has 1 aliphatic rings. The molecule has 0 bridgehead atoms. The lowest BCUT2D eigenvalue weighted by atomic mass is 9.96. The number of amides is 1. The standard InChI is InChI=1S/C26H22F2N2O/c27-23-17-20(18-24(28)19-23)11-12-25(31)29-13-15-30(16-14-29)26(21-7-3-1-4-8-21)22-9-5-2-6-10-22/h1-10,17-19,26H,13-16H2. The molecule has 3 aromatic carbocycles. The molecule has 4 rings (SSSR count). The number of hydrogen-bond acceptors (Lipinski definition) is 2. The van der Waals surface area contributed by atoms with E-state index < -0.39 is 11.6 Å². The fraction of sp³-hybridized carbons (Fsp3) is 0.192. The van der Waals surface area contributed by atoms with Crippen LogP contribution < -0.4 is 0 Å². The summed E-state index contributed by atoms with van der Waals surface area (Å²) in [5.41, 5.74) is 2.57. The minimum absolute atomic E-state index is 0.112. The molecule has 0 aromatic heterocycles. The van der Waals surface area contributed by atoms with Crippen LogP contribution in [0, 0.1) is 23.5 Å². The molecule has 5 heteroatoms. The predicted octanol–water partition coefficient (Wildman–Crippen LogP) is 4.25. The second-order valence-electron chi connectivity index (χ2n) is 7.46. The maximum atomic E-state index is 13.3. The third-order valence-electron chi connectivity index (χ3n) is 5.37. The Balaban J connectivity index is 1.46. The lowest BCUT2D eigenvalue weighted by Crippen LogP contribution is -2.49. The van der Waals surface area contributed by atoms with E-state index in [0.717, 1.165) is 18.2 Å². The fourth-order valence-electron chi connectivity index (χ4n) is 3.90. The van der Waals surface area contributed by atoms with Crippen molar-refractivity contribution in [3.63, 3.8) is 0 Å². The molecular weight excluding hydrogens is 394 g/mol. The van der Waals surface area contributed by atoms with Gasteiger partial charge in [0.2, 0.25) is 0 Å². The summed E-state index contributed by atoms with van der Waals surface area (Å²) < 4.78 is 26.6. The second-order valence-corrected chi connectivity index (χ2v) is 7.46. The van der Waals surface area contributed by atoms with Gasteiger partial charge in [0, 0.05) is 43.7 Å². The highest BCUT2D eigenvalue weighted by Crippen LogP contribution is 2.29. The Morgan fingerprint density at radius 1 is 0.774 bits per heavy atom. The van der Waals surface area contributed by atoms with Crippen LogP contribution in [0.25, 0.3) is 0 Å². The minimum Gasteiger partial charge on any atom is -0.329 e. The van der Waals surface area contributed by atoms with Crippen LogP contribution >= 0.6 is 0 Å². The van der Waals surface area contributed by atoms with Gasteiger partial charge in [-0.3, -0.25) is 9.69 Å². The first-order valence-electron chi connectivity index (χ1n) is 10.2. The highest BCUT2D eigenvalue weighted by Gasteiger charge is 2.27. The third kappa shape index (κ3) is 5.17. The summed E-state index contributed by atoms with van der Waals surface area (Å²) in [4.78, 5) is 16.6. The molecule has 1 fully saturated rings. The van der Waals surface area contributed by atoms with Crippen molar-refractivity contribution in [2.24, 2.45) is 0 Å². The number of nitrogens with zero attached hydrogens (tertiary/aromatic N) is 2. The fourth-order valence-corrected chi connectivity index (χ4v) is 3.90. The van der Waals surface area contributed by atoms with Gasteiger partial charge in [-0.05, 0) is 23.3 Å². The number of halogens is 2. The quantitative estimate of drug-likeness (QED) is 0.596. The van der Waals surface area contributed by atoms with Crippen molar-refractivity contribution in [2.45, 2.75) is 6.04 Å². The van der Waals surface area contributed by atoms with Crippen molar-refractivity contribution in [3.05, 3.63) is 107 Å². The molecule has 3 nitrogen and oxygen atoms in total. The first kappa shape index (κ1) is 20.8. The normalized spacial score (nSPS) is 14.2. The lowest BCUT2D eigenvalue weighted by Gasteiger charge is -2.39. The van der Waals surface area contributed by atoms with E-state index in [-0.39, 0.29) is 17.5 Å². The van der Waals surface area contributed by atoms with Crippen LogP contribution in [0.4, 0.5) is 8.78 Å². The molecule has 0 radical (unpaired) electrons. The zero-order valence-electron chi connectivity index (χ0n) is 17.0. The first-order valence-corrected chi connectivity index (χ1v) is 10.2. The van der Waals surface area contributed by atoms with E-state index >= 15 is 0 Å². The van der Waals surface area contributed by atoms with Crippen molar-refractivity contribution < 1.29 is 13.6 Å². The number of carbonyl (C=O) groups is 1. The van der Waals surface area contributed by atoms with Crippen molar-refractivity contribution in [3.8, 4) is 11.8 Å². The summed E-state index contributed by atoms with van der Waals surface area (Å²) >= 11 is 0. The Morgan fingerprint density at radius 2 is 1.29 bits per heavy atom. The molecular formula is C26H22F2N2O. The first-order chi connectivity index (χ1) is 15.1. The van der Waals surface area contributed by atoms with Gasteiger partial charge in [0.15, 0.2) is 0 Å². The van der Waals surface area contributed by atoms with Crippen LogP contribution in [0.5, 0.6) is 0 Å². The van der Waals surface area contributed by atoms with Gasteiger partial charge in [-0.25, -0.2) is 8.78 Å². The zero-order valence-corrected chi connectivity index (χ0v) is 17.0. The Bertz CT molecular complexity index is 1040. The molecule has 31 heavy (non-hydrogen) atoms. The smallest absolute Gasteiger partial charge is 0.298 e. The molecule has 1 amide bonds. The van der Waals surface area contributed by atoms with Crippen LogP contribution in [0.15, 0.2) is 78.9 Å². The van der Waals surface area contributed by atoms with E-state index in [4.69, 9.17) is 0 Å². The Hall–Kier alpha value is -3.49. The minimum atomic E-state index is -0.710. The van der Waals surface area contributed by atoms with E-state index in [1.165, 1.54) is 11.1 Å². The Kier molecular flexibility index (Phi) is 6.40. The Morgan fingerprint density at radius 3 is 1.81 bits per heavy atom. The van der Waals surface area contributed by atoms with E-state index in [0.29, 0.717) is 26.2 Å². The summed E-state index contributed by atoms with van der Waals surface area (Å²) in [5.74, 6) is 3.34. The van der Waals surface area contributed by atoms with Crippen molar-refractivity contribution >= 4 is 5.91 Å². The monoisotopic (exact) mass is 416 g/mol. The van der Waals surface area contributed by atoms with Gasteiger partial charge >= 0.3 is 0 Å². The van der Waals surface area contributed by atoms with Gasteiger partial charge in [-0.2, -0.15) is 0 Å². The van der Waals surface area contributed by atoms with Crippen molar-refractivity contribution in [1.29, 1.82) is 0 Å². The van der Waals surface area contributed by atoms with E-state index in [2.05, 4.69) is 41.0 Å². The molecule has 156 valence electrons. The second kappa shape index (κ2) is 9.55. The molecule has 0 atom stereocenters. The van der Waals surface area contributed by atoms with Gasteiger partial charge in [-0.1, -0.05) is 66.6 Å². The summed E-state index contributed by atoms with van der Waals surface area (Å²) in [6.07, 6.45) is 0. The summed E-state index contributed by atoms with van der Waals surface area (Å²) in [5, 5.41) is 0. The van der Waals surface area contributed by atoms with Gasteiger partial charge in [0.05, 0.1) is 6.04 Å². The number of piperazine rings is 1. The van der Waals surface area contributed by atoms with Gasteiger partial charge < -0.3 is 4.90 Å². The van der Waals surface area contributed by atoms with Crippen molar-refractivity contribution in [1.82, 2.24) is 9.80 Å². The van der Waals surface area contributed by atoms with Crippen LogP contribution in [0.2, 0.25) is 0 Å². The van der Waals surface area contributed by atoms with Crippen LogP contribution in [0.1, 0.15) is 22.7 Å². The van der Waals surface area contributed by atoms with E-state index in [1.54, 1.807) is 4.90 Å². The largest absolute Gasteiger partial charge is 0.329 e. The van der Waals surface area contributed by atoms with E-state index in [1.807, 2.05) is 36.4 Å². The predicted molar refractivity (Wildman–Crippen MR) is 116 cm³/mol. The molecule has 0 saturated carbocycles. The van der Waals surface area contributed by atoms with Crippen LogP contribution in [-0.2, 0) is 4.79 Å². The topological polar surface area (TPSA) is 23.6 Å². The average molecular weight is 416 g/mol. The Labute approximate surface area is 180 Å². The van der Waals surface area contributed by atoms with Gasteiger partial charge in [-0.15, -0.1) is 0 Å². The maximum Gasteiger partial charge on any atom is 0.298 e. The molecule has 3 aromatic rings. The third-order valence-corrected chi connectivity index (χ3v) is 5.37. The van der Waals surface area contributed by atoms with E-state index in [9.17, 15) is 13.6 Å². The molecule has 0 unspecified atom stereocenters. The van der Waals surface area contributed by atoms with Crippen molar-refractivity contribution in [2.75, 3.05) is 26.2 Å².